The number of aromatic nitrogens is 4. The molecule has 2 aromatic heterocycles. The molecule has 1 fully saturated rings. The lowest BCUT2D eigenvalue weighted by atomic mass is 9.97. The molecule has 3 aromatic rings. The summed E-state index contributed by atoms with van der Waals surface area (Å²) in [5.41, 5.74) is 3.16. The molecule has 6 nitrogen and oxygen atoms in total. The van der Waals surface area contributed by atoms with E-state index in [0.29, 0.717) is 6.42 Å². The third-order valence-corrected chi connectivity index (χ3v) is 3.76. The van der Waals surface area contributed by atoms with Gasteiger partial charge in [-0.1, -0.05) is 6.07 Å². The van der Waals surface area contributed by atoms with Gasteiger partial charge in [0.05, 0.1) is 5.69 Å². The quantitative estimate of drug-likeness (QED) is 0.658. The summed E-state index contributed by atoms with van der Waals surface area (Å²) in [5.74, 6) is 1.13. The van der Waals surface area contributed by atoms with Crippen LogP contribution in [0.5, 0.6) is 0 Å². The van der Waals surface area contributed by atoms with Crippen LogP contribution in [0.1, 0.15) is 17.9 Å². The molecule has 1 amide bonds. The first-order chi connectivity index (χ1) is 9.79. The summed E-state index contributed by atoms with van der Waals surface area (Å²) in [4.78, 5) is 18.8. The van der Waals surface area contributed by atoms with Crippen molar-refractivity contribution in [2.45, 2.75) is 12.3 Å². The second-order valence-electron chi connectivity index (χ2n) is 5.07. The van der Waals surface area contributed by atoms with Crippen molar-refractivity contribution in [3.8, 4) is 11.5 Å². The number of fused-ring (bicyclic) bond motifs is 1. The van der Waals surface area contributed by atoms with Gasteiger partial charge in [0.2, 0.25) is 5.91 Å². The second kappa shape index (κ2) is 4.19. The first-order valence-corrected chi connectivity index (χ1v) is 6.55. The van der Waals surface area contributed by atoms with Gasteiger partial charge in [-0.15, -0.1) is 0 Å². The van der Waals surface area contributed by atoms with E-state index in [1.54, 1.807) is 0 Å². The van der Waals surface area contributed by atoms with E-state index >= 15 is 0 Å². The molecule has 100 valence electrons. The van der Waals surface area contributed by atoms with Crippen LogP contribution in [-0.4, -0.2) is 32.6 Å². The van der Waals surface area contributed by atoms with Crippen molar-refractivity contribution >= 4 is 16.8 Å². The van der Waals surface area contributed by atoms with Gasteiger partial charge in [0.1, 0.15) is 6.33 Å². The third-order valence-electron chi connectivity index (χ3n) is 3.76. The first-order valence-electron chi connectivity index (χ1n) is 6.55. The summed E-state index contributed by atoms with van der Waals surface area (Å²) in [7, 11) is 0. The maximum atomic E-state index is 11.3. The Kier molecular flexibility index (Phi) is 2.35. The smallest absolute Gasteiger partial charge is 0.220 e. The SMILES string of the molecule is O=C1CC(c2ccc3[nH]c(-c4ncn[nH]4)cc3c2)CN1. The summed E-state index contributed by atoms with van der Waals surface area (Å²) in [6, 6.07) is 8.31. The molecule has 0 spiro atoms. The lowest BCUT2D eigenvalue weighted by Gasteiger charge is -2.07. The fourth-order valence-corrected chi connectivity index (χ4v) is 2.71. The van der Waals surface area contributed by atoms with Gasteiger partial charge < -0.3 is 10.3 Å². The van der Waals surface area contributed by atoms with E-state index < -0.39 is 0 Å². The Labute approximate surface area is 114 Å². The minimum Gasteiger partial charge on any atom is -0.355 e. The lowest BCUT2D eigenvalue weighted by Crippen LogP contribution is -2.13. The van der Waals surface area contributed by atoms with Crippen molar-refractivity contribution in [2.75, 3.05) is 6.54 Å². The number of aromatic amines is 2. The molecule has 1 aliphatic rings. The zero-order valence-electron chi connectivity index (χ0n) is 10.7. The highest BCUT2D eigenvalue weighted by atomic mass is 16.1. The van der Waals surface area contributed by atoms with Crippen LogP contribution in [0.3, 0.4) is 0 Å². The molecule has 1 atom stereocenters. The molecule has 4 rings (SSSR count). The van der Waals surface area contributed by atoms with Gasteiger partial charge in [-0.3, -0.25) is 9.89 Å². The first kappa shape index (κ1) is 11.2. The van der Waals surface area contributed by atoms with Crippen molar-refractivity contribution in [1.82, 2.24) is 25.5 Å². The van der Waals surface area contributed by atoms with E-state index in [4.69, 9.17) is 0 Å². The van der Waals surface area contributed by atoms with Crippen LogP contribution in [0.2, 0.25) is 0 Å². The molecule has 3 heterocycles. The van der Waals surface area contributed by atoms with Gasteiger partial charge in [-0.25, -0.2) is 4.98 Å². The molecule has 1 saturated heterocycles. The lowest BCUT2D eigenvalue weighted by molar-refractivity contribution is -0.119. The molecular formula is C14H13N5O. The molecule has 0 saturated carbocycles. The van der Waals surface area contributed by atoms with Crippen molar-refractivity contribution in [3.63, 3.8) is 0 Å². The van der Waals surface area contributed by atoms with Crippen LogP contribution in [0.15, 0.2) is 30.6 Å². The largest absolute Gasteiger partial charge is 0.355 e. The van der Waals surface area contributed by atoms with E-state index in [2.05, 4.69) is 37.6 Å². The molecule has 3 N–H and O–H groups in total. The van der Waals surface area contributed by atoms with Gasteiger partial charge in [0, 0.05) is 29.8 Å². The topological polar surface area (TPSA) is 86.5 Å². The predicted molar refractivity (Wildman–Crippen MR) is 74.0 cm³/mol. The summed E-state index contributed by atoms with van der Waals surface area (Å²) in [5, 5.41) is 10.7. The molecule has 6 heteroatoms. The number of carbonyl (C=O) groups is 1. The van der Waals surface area contributed by atoms with E-state index in [0.717, 1.165) is 29.0 Å². The third kappa shape index (κ3) is 1.77. The highest BCUT2D eigenvalue weighted by molar-refractivity contribution is 5.86. The minimum atomic E-state index is 0.131. The van der Waals surface area contributed by atoms with Gasteiger partial charge in [-0.05, 0) is 23.8 Å². The van der Waals surface area contributed by atoms with Gasteiger partial charge in [0.15, 0.2) is 5.82 Å². The predicted octanol–water partition coefficient (Wildman–Crippen LogP) is 1.56. The van der Waals surface area contributed by atoms with E-state index in [-0.39, 0.29) is 11.8 Å². The maximum Gasteiger partial charge on any atom is 0.220 e. The second-order valence-corrected chi connectivity index (χ2v) is 5.07. The summed E-state index contributed by atoms with van der Waals surface area (Å²) < 4.78 is 0. The number of hydrogen-bond acceptors (Lipinski definition) is 3. The van der Waals surface area contributed by atoms with Crippen LogP contribution in [-0.2, 0) is 4.79 Å². The zero-order valence-corrected chi connectivity index (χ0v) is 10.7. The Balaban J connectivity index is 1.74. The number of benzene rings is 1. The van der Waals surface area contributed by atoms with Gasteiger partial charge in [0.25, 0.3) is 0 Å². The Morgan fingerprint density at radius 2 is 2.20 bits per heavy atom. The summed E-state index contributed by atoms with van der Waals surface area (Å²) in [6.07, 6.45) is 2.06. The summed E-state index contributed by atoms with van der Waals surface area (Å²) >= 11 is 0. The highest BCUT2D eigenvalue weighted by Gasteiger charge is 2.23. The van der Waals surface area contributed by atoms with E-state index in [1.807, 2.05) is 12.1 Å². The highest BCUT2D eigenvalue weighted by Crippen LogP contribution is 2.28. The van der Waals surface area contributed by atoms with Gasteiger partial charge in [-0.2, -0.15) is 5.10 Å². The Morgan fingerprint density at radius 1 is 1.25 bits per heavy atom. The van der Waals surface area contributed by atoms with Crippen molar-refractivity contribution in [1.29, 1.82) is 0 Å². The van der Waals surface area contributed by atoms with Crippen molar-refractivity contribution in [3.05, 3.63) is 36.2 Å². The standard InChI is InChI=1S/C14H13N5O/c20-13-5-10(6-15-13)8-1-2-11-9(3-8)4-12(18-11)14-16-7-17-19-14/h1-4,7,10,18H,5-6H2,(H,15,20)(H,16,17,19). The van der Waals surface area contributed by atoms with Crippen molar-refractivity contribution < 1.29 is 4.79 Å². The van der Waals surface area contributed by atoms with Crippen LogP contribution in [0, 0.1) is 0 Å². The van der Waals surface area contributed by atoms with Crippen molar-refractivity contribution in [2.24, 2.45) is 0 Å². The molecule has 0 radical (unpaired) electrons. The number of nitrogens with zero attached hydrogens (tertiary/aromatic N) is 2. The molecule has 0 bridgehead atoms. The van der Waals surface area contributed by atoms with E-state index in [1.165, 1.54) is 11.9 Å². The molecule has 20 heavy (non-hydrogen) atoms. The van der Waals surface area contributed by atoms with Gasteiger partial charge >= 0.3 is 0 Å². The summed E-state index contributed by atoms with van der Waals surface area (Å²) in [6.45, 7) is 0.726. The normalized spacial score (nSPS) is 18.6. The fourth-order valence-electron chi connectivity index (χ4n) is 2.71. The number of nitrogens with one attached hydrogen (secondary N) is 3. The Morgan fingerprint density at radius 3 is 2.95 bits per heavy atom. The van der Waals surface area contributed by atoms with Crippen LogP contribution in [0.4, 0.5) is 0 Å². The van der Waals surface area contributed by atoms with E-state index in [9.17, 15) is 4.79 Å². The van der Waals surface area contributed by atoms with Crippen LogP contribution in [0.25, 0.3) is 22.4 Å². The maximum absolute atomic E-state index is 11.3. The number of carbonyl (C=O) groups excluding carboxylic acids is 1. The molecule has 1 aliphatic heterocycles. The average Bonchev–Trinajstić information content (AvgIpc) is 3.17. The monoisotopic (exact) mass is 267 g/mol. The van der Waals surface area contributed by atoms with Crippen LogP contribution >= 0.6 is 0 Å². The number of H-pyrrole nitrogens is 2. The number of amides is 1. The zero-order chi connectivity index (χ0) is 13.5. The molecular weight excluding hydrogens is 254 g/mol. The van der Waals surface area contributed by atoms with Crippen LogP contribution < -0.4 is 5.32 Å². The minimum absolute atomic E-state index is 0.131. The molecule has 1 aromatic carbocycles. The average molecular weight is 267 g/mol. The number of rotatable bonds is 2. The Bertz CT molecular complexity index is 774. The molecule has 1 unspecified atom stereocenters. The fraction of sp³-hybridized carbons (Fsp3) is 0.214. The molecule has 0 aliphatic carbocycles. The number of hydrogen-bond donors (Lipinski definition) is 3. The Hall–Kier alpha value is -2.63.